The lowest BCUT2D eigenvalue weighted by Crippen LogP contribution is -2.56. The molecule has 6 nitrogen and oxygen atoms in total. The Balaban J connectivity index is 0.000000467. The lowest BCUT2D eigenvalue weighted by atomic mass is 9.59. The molecule has 10 heteroatoms. The van der Waals surface area contributed by atoms with Gasteiger partial charge in [0.05, 0.1) is 14.1 Å². The number of methoxy groups -OCH3 is 1. The number of nitrogens with one attached hydrogen (secondary N) is 2. The first-order chi connectivity index (χ1) is 20.3. The van der Waals surface area contributed by atoms with Crippen LogP contribution < -0.4 is 15.4 Å². The highest BCUT2D eigenvalue weighted by Gasteiger charge is 2.61. The SMILES string of the molecule is C=CCOc1ccc(I)cc1[C@H]1NC(=O)C[C@@H](c2cccc(Cl)c2)[C@]12C(=O)Nc1cc(Cl)ccc12.COC(C)[Si](C)(C)C. The second-order valence-corrected chi connectivity index (χ2v) is 19.5. The molecule has 4 atom stereocenters. The monoisotopic (exact) mass is 750 g/mol. The van der Waals surface area contributed by atoms with Crippen LogP contribution in [0.5, 0.6) is 5.75 Å². The lowest BCUT2D eigenvalue weighted by molar-refractivity contribution is -0.131. The zero-order valence-electron chi connectivity index (χ0n) is 25.0. The number of benzene rings is 3. The minimum atomic E-state index is -1.16. The molecule has 228 valence electrons. The summed E-state index contributed by atoms with van der Waals surface area (Å²) in [6.07, 6.45) is 1.78. The van der Waals surface area contributed by atoms with Crippen molar-refractivity contribution in [3.63, 3.8) is 0 Å². The highest BCUT2D eigenvalue weighted by atomic mass is 127. The van der Waals surface area contributed by atoms with Crippen LogP contribution in [0.15, 0.2) is 73.3 Å². The highest BCUT2D eigenvalue weighted by molar-refractivity contribution is 14.1. The van der Waals surface area contributed by atoms with E-state index >= 15 is 0 Å². The molecule has 1 fully saturated rings. The maximum Gasteiger partial charge on any atom is 0.238 e. The summed E-state index contributed by atoms with van der Waals surface area (Å²) in [5.74, 6) is -0.267. The lowest BCUT2D eigenvalue weighted by Gasteiger charge is -2.46. The molecule has 0 radical (unpaired) electrons. The maximum absolute atomic E-state index is 14.1. The van der Waals surface area contributed by atoms with Gasteiger partial charge in [-0.3, -0.25) is 9.59 Å². The summed E-state index contributed by atoms with van der Waals surface area (Å²) in [6, 6.07) is 17.8. The maximum atomic E-state index is 14.1. The van der Waals surface area contributed by atoms with Gasteiger partial charge in [0.1, 0.15) is 17.8 Å². The summed E-state index contributed by atoms with van der Waals surface area (Å²) < 4.78 is 12.1. The second-order valence-electron chi connectivity index (χ2n) is 11.9. The number of halogens is 3. The van der Waals surface area contributed by atoms with Gasteiger partial charge in [-0.25, -0.2) is 0 Å². The Bertz CT molecular complexity index is 1530. The van der Waals surface area contributed by atoms with Crippen LogP contribution >= 0.6 is 45.8 Å². The van der Waals surface area contributed by atoms with Crippen LogP contribution in [0.25, 0.3) is 0 Å². The number of ether oxygens (including phenoxy) is 2. The zero-order chi connectivity index (χ0) is 31.5. The summed E-state index contributed by atoms with van der Waals surface area (Å²) in [4.78, 5) is 27.3. The number of hydrogen-bond acceptors (Lipinski definition) is 4. The number of carbonyl (C=O) groups excluding carboxylic acids is 2. The van der Waals surface area contributed by atoms with E-state index in [1.165, 1.54) is 0 Å². The van der Waals surface area contributed by atoms with Crippen LogP contribution in [0.2, 0.25) is 29.7 Å². The molecule has 0 saturated carbocycles. The van der Waals surface area contributed by atoms with Crippen molar-refractivity contribution >= 4 is 71.4 Å². The molecular formula is C33H37Cl2IN2O4Si. The average Bonchev–Trinajstić information content (AvgIpc) is 3.23. The third-order valence-electron chi connectivity index (χ3n) is 8.21. The van der Waals surface area contributed by atoms with Crippen molar-refractivity contribution in [2.24, 2.45) is 0 Å². The number of amides is 2. The van der Waals surface area contributed by atoms with Crippen LogP contribution in [0.3, 0.4) is 0 Å². The molecule has 3 aromatic carbocycles. The molecule has 0 bridgehead atoms. The normalized spacial score (nSPS) is 21.7. The molecular weight excluding hydrogens is 714 g/mol. The Morgan fingerprint density at radius 1 is 1.09 bits per heavy atom. The molecule has 2 N–H and O–H groups in total. The smallest absolute Gasteiger partial charge is 0.238 e. The number of piperidine rings is 1. The van der Waals surface area contributed by atoms with Crippen molar-refractivity contribution in [1.82, 2.24) is 5.32 Å². The van der Waals surface area contributed by atoms with E-state index in [1.54, 1.807) is 31.4 Å². The molecule has 1 saturated heterocycles. The fraction of sp³-hybridized carbons (Fsp3) is 0.333. The summed E-state index contributed by atoms with van der Waals surface area (Å²) >= 11 is 14.9. The fourth-order valence-electron chi connectivity index (χ4n) is 5.65. The van der Waals surface area contributed by atoms with Crippen molar-refractivity contribution in [3.8, 4) is 5.75 Å². The van der Waals surface area contributed by atoms with Crippen LogP contribution in [-0.4, -0.2) is 39.3 Å². The van der Waals surface area contributed by atoms with Crippen molar-refractivity contribution < 1.29 is 19.1 Å². The van der Waals surface area contributed by atoms with Gasteiger partial charge in [0.2, 0.25) is 11.8 Å². The minimum absolute atomic E-state index is 0.124. The van der Waals surface area contributed by atoms with Crippen molar-refractivity contribution in [2.45, 2.75) is 56.1 Å². The van der Waals surface area contributed by atoms with Crippen LogP contribution in [-0.2, 0) is 19.7 Å². The van der Waals surface area contributed by atoms with Gasteiger partial charge in [-0.1, -0.05) is 73.7 Å². The molecule has 2 amide bonds. The van der Waals surface area contributed by atoms with Gasteiger partial charge in [0.25, 0.3) is 0 Å². The number of rotatable bonds is 7. The van der Waals surface area contributed by atoms with E-state index < -0.39 is 25.4 Å². The average molecular weight is 752 g/mol. The summed E-state index contributed by atoms with van der Waals surface area (Å²) in [6.45, 7) is 13.1. The van der Waals surface area contributed by atoms with Gasteiger partial charge < -0.3 is 20.1 Å². The first-order valence-electron chi connectivity index (χ1n) is 14.0. The number of hydrogen-bond donors (Lipinski definition) is 2. The minimum Gasteiger partial charge on any atom is -0.489 e. The molecule has 2 aliphatic rings. The second kappa shape index (κ2) is 13.7. The Labute approximate surface area is 278 Å². The van der Waals surface area contributed by atoms with E-state index in [4.69, 9.17) is 32.7 Å². The molecule has 5 rings (SSSR count). The van der Waals surface area contributed by atoms with Crippen LogP contribution in [0.4, 0.5) is 5.69 Å². The Morgan fingerprint density at radius 2 is 1.81 bits per heavy atom. The van der Waals surface area contributed by atoms with Gasteiger partial charge in [-0.15, -0.1) is 0 Å². The standard InChI is InChI=1S/C27H21Cl2IN2O3.C6H16OSi/c1-2-10-35-23-9-7-18(30)13-19(23)25-27(20-8-6-17(29)12-22(20)31-26(27)34)21(14-24(33)32-25)15-4-3-5-16(28)11-15;1-6(7-2)8(3,4)5/h2-9,11-13,21,25H,1,10,14H2,(H,31,34)(H,32,33);6H,1-5H3/t21-,25+,27-;/m0./s1. The Hall–Kier alpha value is -2.37. The first kappa shape index (κ1) is 33.5. The van der Waals surface area contributed by atoms with Crippen LogP contribution in [0, 0.1) is 3.57 Å². The summed E-state index contributed by atoms with van der Waals surface area (Å²) in [5, 5.41) is 7.23. The summed E-state index contributed by atoms with van der Waals surface area (Å²) in [7, 11) is 0.798. The van der Waals surface area contributed by atoms with Gasteiger partial charge >= 0.3 is 0 Å². The van der Waals surface area contributed by atoms with Crippen molar-refractivity contribution in [2.75, 3.05) is 19.0 Å². The molecule has 43 heavy (non-hydrogen) atoms. The largest absolute Gasteiger partial charge is 0.489 e. The van der Waals surface area contributed by atoms with E-state index in [2.05, 4.69) is 66.4 Å². The fourth-order valence-corrected chi connectivity index (χ4v) is 7.24. The van der Waals surface area contributed by atoms with E-state index in [-0.39, 0.29) is 24.8 Å². The summed E-state index contributed by atoms with van der Waals surface area (Å²) in [5.41, 5.74) is 2.27. The molecule has 1 unspecified atom stereocenters. The number of carbonyl (C=O) groups is 2. The quantitative estimate of drug-likeness (QED) is 0.145. The van der Waals surface area contributed by atoms with Crippen LogP contribution in [0.1, 0.15) is 42.0 Å². The predicted octanol–water partition coefficient (Wildman–Crippen LogP) is 8.30. The predicted molar refractivity (Wildman–Crippen MR) is 186 cm³/mol. The van der Waals surface area contributed by atoms with Crippen molar-refractivity contribution in [1.29, 1.82) is 0 Å². The van der Waals surface area contributed by atoms with Gasteiger partial charge in [-0.2, -0.15) is 0 Å². The van der Waals surface area contributed by atoms with E-state index in [9.17, 15) is 9.59 Å². The Morgan fingerprint density at radius 3 is 2.44 bits per heavy atom. The molecule has 1 spiro atoms. The third-order valence-corrected chi connectivity index (χ3v) is 12.0. The molecule has 2 aliphatic heterocycles. The topological polar surface area (TPSA) is 76.7 Å². The first-order valence-corrected chi connectivity index (χ1v) is 19.5. The van der Waals surface area contributed by atoms with Gasteiger partial charge in [0, 0.05) is 50.0 Å². The molecule has 0 aliphatic carbocycles. The number of fused-ring (bicyclic) bond motifs is 2. The van der Waals surface area contributed by atoms with E-state index in [0.29, 0.717) is 27.2 Å². The number of anilines is 1. The van der Waals surface area contributed by atoms with E-state index in [1.807, 2.05) is 42.5 Å². The Kier molecular flexibility index (Phi) is 10.7. The third kappa shape index (κ3) is 6.98. The van der Waals surface area contributed by atoms with E-state index in [0.717, 1.165) is 20.3 Å². The molecule has 0 aromatic heterocycles. The van der Waals surface area contributed by atoms with Crippen molar-refractivity contribution in [3.05, 3.63) is 104 Å². The zero-order valence-corrected chi connectivity index (χ0v) is 29.6. The molecule has 3 aromatic rings. The highest BCUT2D eigenvalue weighted by Crippen LogP contribution is 2.58. The van der Waals surface area contributed by atoms with Gasteiger partial charge in [0.15, 0.2) is 0 Å². The van der Waals surface area contributed by atoms with Gasteiger partial charge in [-0.05, 0) is 83.1 Å². The molecule has 2 heterocycles.